The SMILES string of the molecule is Cc1cc(C)c(Nc2nc3ccc(C)cc3s2)c(Br)c1. The molecule has 0 spiro atoms. The summed E-state index contributed by atoms with van der Waals surface area (Å²) < 4.78 is 2.29. The summed E-state index contributed by atoms with van der Waals surface area (Å²) in [5.74, 6) is 0. The van der Waals surface area contributed by atoms with Gasteiger partial charge in [0.15, 0.2) is 5.13 Å². The first-order valence-corrected chi connectivity index (χ1v) is 8.05. The van der Waals surface area contributed by atoms with E-state index in [1.54, 1.807) is 11.3 Å². The highest BCUT2D eigenvalue weighted by Crippen LogP contribution is 2.34. The van der Waals surface area contributed by atoms with Gasteiger partial charge in [-0.3, -0.25) is 0 Å². The number of aromatic nitrogens is 1. The van der Waals surface area contributed by atoms with Crippen LogP contribution in [0.1, 0.15) is 16.7 Å². The van der Waals surface area contributed by atoms with Crippen molar-refractivity contribution in [1.82, 2.24) is 4.98 Å². The lowest BCUT2D eigenvalue weighted by molar-refractivity contribution is 1.34. The van der Waals surface area contributed by atoms with Crippen LogP contribution >= 0.6 is 27.3 Å². The average Bonchev–Trinajstić information content (AvgIpc) is 2.75. The predicted octanol–water partition coefficient (Wildman–Crippen LogP) is 5.73. The van der Waals surface area contributed by atoms with E-state index in [9.17, 15) is 0 Å². The summed E-state index contributed by atoms with van der Waals surface area (Å²) in [7, 11) is 0. The van der Waals surface area contributed by atoms with Crippen molar-refractivity contribution in [3.05, 3.63) is 51.5 Å². The van der Waals surface area contributed by atoms with Crippen LogP contribution in [0.4, 0.5) is 10.8 Å². The molecule has 0 fully saturated rings. The first-order valence-electron chi connectivity index (χ1n) is 6.44. The molecule has 0 saturated heterocycles. The first kappa shape index (κ1) is 13.6. The fourth-order valence-electron chi connectivity index (χ4n) is 2.27. The Morgan fingerprint density at radius 2 is 1.85 bits per heavy atom. The van der Waals surface area contributed by atoms with E-state index in [2.05, 4.69) is 77.3 Å². The summed E-state index contributed by atoms with van der Waals surface area (Å²) in [6.45, 7) is 6.31. The molecule has 0 aliphatic heterocycles. The normalized spacial score (nSPS) is 11.0. The van der Waals surface area contributed by atoms with Crippen molar-refractivity contribution in [1.29, 1.82) is 0 Å². The van der Waals surface area contributed by atoms with E-state index in [-0.39, 0.29) is 0 Å². The fourth-order valence-corrected chi connectivity index (χ4v) is 4.01. The van der Waals surface area contributed by atoms with Gasteiger partial charge in [0.2, 0.25) is 0 Å². The maximum Gasteiger partial charge on any atom is 0.188 e. The van der Waals surface area contributed by atoms with E-state index < -0.39 is 0 Å². The summed E-state index contributed by atoms with van der Waals surface area (Å²) in [5.41, 5.74) is 5.86. The molecule has 0 aliphatic carbocycles. The Labute approximate surface area is 131 Å². The van der Waals surface area contributed by atoms with Crippen molar-refractivity contribution in [3.8, 4) is 0 Å². The molecule has 1 N–H and O–H groups in total. The van der Waals surface area contributed by atoms with Gasteiger partial charge in [-0.05, 0) is 71.6 Å². The van der Waals surface area contributed by atoms with Gasteiger partial charge in [-0.2, -0.15) is 0 Å². The highest BCUT2D eigenvalue weighted by molar-refractivity contribution is 9.10. The lowest BCUT2D eigenvalue weighted by atomic mass is 10.1. The highest BCUT2D eigenvalue weighted by Gasteiger charge is 2.09. The van der Waals surface area contributed by atoms with Gasteiger partial charge < -0.3 is 5.32 Å². The molecule has 2 nitrogen and oxygen atoms in total. The smallest absolute Gasteiger partial charge is 0.188 e. The highest BCUT2D eigenvalue weighted by atomic mass is 79.9. The van der Waals surface area contributed by atoms with Crippen LogP contribution in [0.3, 0.4) is 0 Å². The van der Waals surface area contributed by atoms with Crippen molar-refractivity contribution in [2.24, 2.45) is 0 Å². The average molecular weight is 347 g/mol. The molecule has 0 unspecified atom stereocenters. The molecule has 0 saturated carbocycles. The van der Waals surface area contributed by atoms with Gasteiger partial charge in [-0.25, -0.2) is 4.98 Å². The number of anilines is 2. The van der Waals surface area contributed by atoms with Gasteiger partial charge in [0.1, 0.15) is 0 Å². The molecule has 3 aromatic rings. The molecule has 1 aromatic heterocycles. The van der Waals surface area contributed by atoms with Crippen molar-refractivity contribution in [3.63, 3.8) is 0 Å². The third kappa shape index (κ3) is 2.58. The molecule has 0 radical (unpaired) electrons. The molecule has 0 aliphatic rings. The number of hydrogen-bond donors (Lipinski definition) is 1. The minimum absolute atomic E-state index is 0.929. The zero-order valence-corrected chi connectivity index (χ0v) is 14.0. The lowest BCUT2D eigenvalue weighted by Gasteiger charge is -2.10. The van der Waals surface area contributed by atoms with E-state index in [1.165, 1.54) is 21.4 Å². The van der Waals surface area contributed by atoms with Gasteiger partial charge in [-0.1, -0.05) is 23.5 Å². The Morgan fingerprint density at radius 3 is 2.60 bits per heavy atom. The van der Waals surface area contributed by atoms with Gasteiger partial charge in [-0.15, -0.1) is 0 Å². The Morgan fingerprint density at radius 1 is 1.05 bits per heavy atom. The first-order chi connectivity index (χ1) is 9.52. The number of aryl methyl sites for hydroxylation is 3. The molecule has 102 valence electrons. The number of nitrogens with one attached hydrogen (secondary N) is 1. The number of thiazole rings is 1. The van der Waals surface area contributed by atoms with E-state index in [0.717, 1.165) is 20.8 Å². The Hall–Kier alpha value is -1.39. The monoisotopic (exact) mass is 346 g/mol. The van der Waals surface area contributed by atoms with Crippen LogP contribution < -0.4 is 5.32 Å². The summed E-state index contributed by atoms with van der Waals surface area (Å²) in [6.07, 6.45) is 0. The Bertz CT molecular complexity index is 769. The van der Waals surface area contributed by atoms with Crippen LogP contribution in [0, 0.1) is 20.8 Å². The third-order valence-corrected chi connectivity index (χ3v) is 4.77. The van der Waals surface area contributed by atoms with Gasteiger partial charge in [0.05, 0.1) is 15.9 Å². The quantitative estimate of drug-likeness (QED) is 0.641. The maximum atomic E-state index is 4.64. The van der Waals surface area contributed by atoms with Crippen LogP contribution in [0.2, 0.25) is 0 Å². The number of nitrogens with zero attached hydrogens (tertiary/aromatic N) is 1. The molecule has 0 bridgehead atoms. The molecular weight excluding hydrogens is 332 g/mol. The van der Waals surface area contributed by atoms with Crippen LogP contribution in [-0.2, 0) is 0 Å². The molecule has 20 heavy (non-hydrogen) atoms. The van der Waals surface area contributed by atoms with Gasteiger partial charge >= 0.3 is 0 Å². The molecule has 2 aromatic carbocycles. The minimum Gasteiger partial charge on any atom is -0.330 e. The zero-order chi connectivity index (χ0) is 14.3. The zero-order valence-electron chi connectivity index (χ0n) is 11.6. The van der Waals surface area contributed by atoms with Crippen LogP contribution in [0.5, 0.6) is 0 Å². The van der Waals surface area contributed by atoms with E-state index in [0.29, 0.717) is 0 Å². The van der Waals surface area contributed by atoms with E-state index >= 15 is 0 Å². The second-order valence-electron chi connectivity index (χ2n) is 5.05. The molecule has 3 rings (SSSR count). The second kappa shape index (κ2) is 5.19. The van der Waals surface area contributed by atoms with Crippen molar-refractivity contribution in [2.75, 3.05) is 5.32 Å². The molecule has 0 amide bonds. The Kier molecular flexibility index (Phi) is 3.52. The number of rotatable bonds is 2. The Balaban J connectivity index is 2.01. The molecular formula is C16H15BrN2S. The summed E-state index contributed by atoms with van der Waals surface area (Å²) in [4.78, 5) is 4.64. The predicted molar refractivity (Wildman–Crippen MR) is 91.3 cm³/mol. The maximum absolute atomic E-state index is 4.64. The van der Waals surface area contributed by atoms with Crippen molar-refractivity contribution in [2.45, 2.75) is 20.8 Å². The van der Waals surface area contributed by atoms with E-state index in [4.69, 9.17) is 0 Å². The minimum atomic E-state index is 0.929. The molecule has 1 heterocycles. The second-order valence-corrected chi connectivity index (χ2v) is 6.94. The number of hydrogen-bond acceptors (Lipinski definition) is 3. The van der Waals surface area contributed by atoms with Crippen molar-refractivity contribution >= 4 is 48.3 Å². The largest absolute Gasteiger partial charge is 0.330 e. The van der Waals surface area contributed by atoms with Gasteiger partial charge in [0, 0.05) is 4.47 Å². The summed E-state index contributed by atoms with van der Waals surface area (Å²) in [6, 6.07) is 10.6. The summed E-state index contributed by atoms with van der Waals surface area (Å²) >= 11 is 5.31. The topological polar surface area (TPSA) is 24.9 Å². The van der Waals surface area contributed by atoms with E-state index in [1.807, 2.05) is 0 Å². The number of benzene rings is 2. The third-order valence-electron chi connectivity index (χ3n) is 3.21. The number of halogens is 1. The van der Waals surface area contributed by atoms with Crippen molar-refractivity contribution < 1.29 is 0 Å². The molecule has 0 atom stereocenters. The van der Waals surface area contributed by atoms with Crippen LogP contribution in [0.25, 0.3) is 10.2 Å². The summed E-state index contributed by atoms with van der Waals surface area (Å²) in [5, 5.41) is 4.37. The van der Waals surface area contributed by atoms with Crippen LogP contribution in [0.15, 0.2) is 34.8 Å². The lowest BCUT2D eigenvalue weighted by Crippen LogP contribution is -1.94. The van der Waals surface area contributed by atoms with Crippen LogP contribution in [-0.4, -0.2) is 4.98 Å². The van der Waals surface area contributed by atoms with Gasteiger partial charge in [0.25, 0.3) is 0 Å². The fraction of sp³-hybridized carbons (Fsp3) is 0.188. The molecule has 4 heteroatoms. The number of fused-ring (bicyclic) bond motifs is 1. The standard InChI is InChI=1S/C16H15BrN2S/c1-9-4-5-13-14(8-9)20-16(18-13)19-15-11(3)6-10(2)7-12(15)17/h4-8H,1-3H3,(H,18,19).